The van der Waals surface area contributed by atoms with Crippen LogP contribution in [0.1, 0.15) is 24.2 Å². The summed E-state index contributed by atoms with van der Waals surface area (Å²) in [4.78, 5) is 23.0. The van der Waals surface area contributed by atoms with Gasteiger partial charge in [0.15, 0.2) is 0 Å². The molecular weight excluding hydrogens is 223 g/mol. The van der Waals surface area contributed by atoms with Gasteiger partial charge in [-0.15, -0.1) is 0 Å². The van der Waals surface area contributed by atoms with Crippen LogP contribution in [0.15, 0.2) is 24.3 Å². The highest BCUT2D eigenvalue weighted by Crippen LogP contribution is 2.06. The first-order valence-electron chi connectivity index (χ1n) is 5.39. The molecule has 2 N–H and O–H groups in total. The fourth-order valence-corrected chi connectivity index (χ4v) is 1.31. The first-order chi connectivity index (χ1) is 8.06. The summed E-state index contributed by atoms with van der Waals surface area (Å²) in [5.41, 5.74) is -0.0661. The first-order valence-corrected chi connectivity index (χ1v) is 5.39. The molecule has 4 nitrogen and oxygen atoms in total. The summed E-state index contributed by atoms with van der Waals surface area (Å²) in [6.45, 7) is 3.81. The van der Waals surface area contributed by atoms with Gasteiger partial charge in [0.1, 0.15) is 11.9 Å². The number of hydrogen-bond donors (Lipinski definition) is 2. The van der Waals surface area contributed by atoms with E-state index in [1.165, 1.54) is 18.2 Å². The summed E-state index contributed by atoms with van der Waals surface area (Å²) in [5, 5.41) is 5.00. The molecule has 0 aliphatic heterocycles. The smallest absolute Gasteiger partial charge is 0.254 e. The molecule has 0 aliphatic rings. The zero-order valence-electron chi connectivity index (χ0n) is 9.79. The SMILES string of the molecule is CCNC(=O)[C@@H](C)NC(=O)c1ccccc1F. The van der Waals surface area contributed by atoms with Gasteiger partial charge in [-0.3, -0.25) is 9.59 Å². The Bertz CT molecular complexity index is 421. The van der Waals surface area contributed by atoms with Gasteiger partial charge in [0.2, 0.25) is 5.91 Å². The normalized spacial score (nSPS) is 11.7. The molecule has 0 aliphatic carbocycles. The van der Waals surface area contributed by atoms with Crippen LogP contribution < -0.4 is 10.6 Å². The Balaban J connectivity index is 2.67. The van der Waals surface area contributed by atoms with Gasteiger partial charge in [0.05, 0.1) is 5.56 Å². The van der Waals surface area contributed by atoms with E-state index in [0.717, 1.165) is 0 Å². The number of likely N-dealkylation sites (N-methyl/N-ethyl adjacent to an activating group) is 1. The van der Waals surface area contributed by atoms with Crippen LogP contribution in [-0.4, -0.2) is 24.4 Å². The molecule has 0 heterocycles. The summed E-state index contributed by atoms with van der Waals surface area (Å²) < 4.78 is 13.3. The van der Waals surface area contributed by atoms with Crippen molar-refractivity contribution in [2.24, 2.45) is 0 Å². The zero-order chi connectivity index (χ0) is 12.8. The topological polar surface area (TPSA) is 58.2 Å². The Morgan fingerprint density at radius 1 is 1.35 bits per heavy atom. The van der Waals surface area contributed by atoms with Gasteiger partial charge >= 0.3 is 0 Å². The Hall–Kier alpha value is -1.91. The Morgan fingerprint density at radius 2 is 2.00 bits per heavy atom. The largest absolute Gasteiger partial charge is 0.355 e. The van der Waals surface area contributed by atoms with E-state index in [1.54, 1.807) is 19.9 Å². The standard InChI is InChI=1S/C12H15FN2O2/c1-3-14-11(16)8(2)15-12(17)9-6-4-5-7-10(9)13/h4-8H,3H2,1-2H3,(H,14,16)(H,15,17)/t8-/m1/s1. The van der Waals surface area contributed by atoms with Gasteiger partial charge in [0.25, 0.3) is 5.91 Å². The van der Waals surface area contributed by atoms with Crippen molar-refractivity contribution in [3.8, 4) is 0 Å². The number of benzene rings is 1. The molecule has 0 spiro atoms. The molecule has 0 saturated carbocycles. The van der Waals surface area contributed by atoms with Crippen molar-refractivity contribution >= 4 is 11.8 Å². The molecule has 0 bridgehead atoms. The highest BCUT2D eigenvalue weighted by Gasteiger charge is 2.17. The van der Waals surface area contributed by atoms with Crippen molar-refractivity contribution in [2.45, 2.75) is 19.9 Å². The van der Waals surface area contributed by atoms with Crippen molar-refractivity contribution < 1.29 is 14.0 Å². The Labute approximate surface area is 99.2 Å². The van der Waals surface area contributed by atoms with Crippen molar-refractivity contribution in [2.75, 3.05) is 6.54 Å². The number of carbonyl (C=O) groups excluding carboxylic acids is 2. The molecular formula is C12H15FN2O2. The van der Waals surface area contributed by atoms with E-state index < -0.39 is 17.8 Å². The van der Waals surface area contributed by atoms with Crippen molar-refractivity contribution in [1.29, 1.82) is 0 Å². The zero-order valence-corrected chi connectivity index (χ0v) is 9.79. The van der Waals surface area contributed by atoms with E-state index in [2.05, 4.69) is 10.6 Å². The van der Waals surface area contributed by atoms with Crippen LogP contribution in [-0.2, 0) is 4.79 Å². The second-order valence-corrected chi connectivity index (χ2v) is 3.57. The molecule has 0 unspecified atom stereocenters. The van der Waals surface area contributed by atoms with Crippen molar-refractivity contribution in [3.05, 3.63) is 35.6 Å². The molecule has 0 saturated heterocycles. The highest BCUT2D eigenvalue weighted by molar-refractivity contribution is 5.97. The van der Waals surface area contributed by atoms with Crippen LogP contribution in [0.5, 0.6) is 0 Å². The molecule has 1 atom stereocenters. The fraction of sp³-hybridized carbons (Fsp3) is 0.333. The summed E-state index contributed by atoms with van der Waals surface area (Å²) >= 11 is 0. The molecule has 17 heavy (non-hydrogen) atoms. The molecule has 92 valence electrons. The molecule has 1 aromatic carbocycles. The molecule has 0 fully saturated rings. The minimum Gasteiger partial charge on any atom is -0.355 e. The predicted molar refractivity (Wildman–Crippen MR) is 62.0 cm³/mol. The van der Waals surface area contributed by atoms with E-state index in [0.29, 0.717) is 6.54 Å². The minimum absolute atomic E-state index is 0.0661. The van der Waals surface area contributed by atoms with Crippen LogP contribution in [0.25, 0.3) is 0 Å². The van der Waals surface area contributed by atoms with Gasteiger partial charge < -0.3 is 10.6 Å². The van der Waals surface area contributed by atoms with Crippen molar-refractivity contribution in [1.82, 2.24) is 10.6 Å². The first kappa shape index (κ1) is 13.2. The van der Waals surface area contributed by atoms with Crippen LogP contribution in [0.2, 0.25) is 0 Å². The average molecular weight is 238 g/mol. The maximum atomic E-state index is 13.3. The molecule has 2 amide bonds. The predicted octanol–water partition coefficient (Wildman–Crippen LogP) is 1.08. The lowest BCUT2D eigenvalue weighted by Crippen LogP contribution is -2.44. The van der Waals surface area contributed by atoms with Gasteiger partial charge in [-0.25, -0.2) is 4.39 Å². The number of halogens is 1. The summed E-state index contributed by atoms with van der Waals surface area (Å²) in [6, 6.07) is 4.94. The monoisotopic (exact) mass is 238 g/mol. The van der Waals surface area contributed by atoms with Crippen molar-refractivity contribution in [3.63, 3.8) is 0 Å². The molecule has 5 heteroatoms. The van der Waals surface area contributed by atoms with Crippen LogP contribution in [0.4, 0.5) is 4.39 Å². The number of carbonyl (C=O) groups is 2. The van der Waals surface area contributed by atoms with Gasteiger partial charge in [-0.1, -0.05) is 12.1 Å². The highest BCUT2D eigenvalue weighted by atomic mass is 19.1. The lowest BCUT2D eigenvalue weighted by atomic mass is 10.2. The number of hydrogen-bond acceptors (Lipinski definition) is 2. The van der Waals surface area contributed by atoms with Crippen LogP contribution >= 0.6 is 0 Å². The number of rotatable bonds is 4. The lowest BCUT2D eigenvalue weighted by molar-refractivity contribution is -0.122. The molecule has 0 aromatic heterocycles. The number of nitrogens with one attached hydrogen (secondary N) is 2. The fourth-order valence-electron chi connectivity index (χ4n) is 1.31. The van der Waals surface area contributed by atoms with Gasteiger partial charge in [-0.05, 0) is 26.0 Å². The third kappa shape index (κ3) is 3.55. The third-order valence-electron chi connectivity index (χ3n) is 2.21. The van der Waals surface area contributed by atoms with E-state index in [1.807, 2.05) is 0 Å². The quantitative estimate of drug-likeness (QED) is 0.824. The molecule has 1 rings (SSSR count). The lowest BCUT2D eigenvalue weighted by Gasteiger charge is -2.13. The van der Waals surface area contributed by atoms with E-state index in [-0.39, 0.29) is 11.5 Å². The van der Waals surface area contributed by atoms with E-state index in [4.69, 9.17) is 0 Å². The van der Waals surface area contributed by atoms with Gasteiger partial charge in [0, 0.05) is 6.54 Å². The average Bonchev–Trinajstić information content (AvgIpc) is 2.29. The van der Waals surface area contributed by atoms with E-state index >= 15 is 0 Å². The summed E-state index contributed by atoms with van der Waals surface area (Å²) in [7, 11) is 0. The number of amides is 2. The second kappa shape index (κ2) is 5.98. The van der Waals surface area contributed by atoms with Crippen LogP contribution in [0, 0.1) is 5.82 Å². The Morgan fingerprint density at radius 3 is 2.59 bits per heavy atom. The van der Waals surface area contributed by atoms with Crippen LogP contribution in [0.3, 0.4) is 0 Å². The summed E-state index contributed by atoms with van der Waals surface area (Å²) in [5.74, 6) is -1.49. The maximum absolute atomic E-state index is 13.3. The molecule has 1 aromatic rings. The Kier molecular flexibility index (Phi) is 4.63. The third-order valence-corrected chi connectivity index (χ3v) is 2.21. The van der Waals surface area contributed by atoms with Gasteiger partial charge in [-0.2, -0.15) is 0 Å². The molecule has 0 radical (unpaired) electrons. The summed E-state index contributed by atoms with van der Waals surface area (Å²) in [6.07, 6.45) is 0. The minimum atomic E-state index is -0.693. The van der Waals surface area contributed by atoms with E-state index in [9.17, 15) is 14.0 Å². The second-order valence-electron chi connectivity index (χ2n) is 3.57. The maximum Gasteiger partial charge on any atom is 0.254 e.